The van der Waals surface area contributed by atoms with Gasteiger partial charge in [0, 0.05) is 0 Å². The highest BCUT2D eigenvalue weighted by molar-refractivity contribution is 5.59. The molecule has 0 amide bonds. The molecule has 0 saturated carbocycles. The topological polar surface area (TPSA) is 569 Å². The molecule has 0 aromatic carbocycles. The van der Waals surface area contributed by atoms with Crippen LogP contribution in [0.4, 0.5) is 4.79 Å². The van der Waals surface area contributed by atoms with E-state index in [0.717, 1.165) is 7.11 Å². The molecule has 21 heterocycles. The summed E-state index contributed by atoms with van der Waals surface area (Å²) in [6.07, 6.45) is -72.8. The van der Waals surface area contributed by atoms with Crippen molar-refractivity contribution < 1.29 is 183 Å². The van der Waals surface area contributed by atoms with Gasteiger partial charge in [0.15, 0.2) is 44.0 Å². The van der Waals surface area contributed by atoms with Crippen LogP contribution in [0.25, 0.3) is 0 Å². The lowest BCUT2D eigenvalue weighted by molar-refractivity contribution is -0.396. The van der Waals surface area contributed by atoms with Crippen molar-refractivity contribution in [2.75, 3.05) is 53.4 Å². The highest BCUT2D eigenvalue weighted by atomic mass is 16.8. The Hall–Kier alpha value is -2.09. The molecular weight excluding hydrogens is 1120 g/mol. The molecule has 21 rings (SSSR count). The highest BCUT2D eigenvalue weighted by Crippen LogP contribution is 2.39. The van der Waals surface area contributed by atoms with E-state index in [-0.39, 0.29) is 0 Å². The summed E-state index contributed by atoms with van der Waals surface area (Å²) in [6.45, 7) is -7.34. The lowest BCUT2D eigenvalue weighted by Crippen LogP contribution is -2.68. The minimum absolute atomic E-state index is 0.925. The number of carbonyl (C=O) groups is 1. The van der Waals surface area contributed by atoms with Crippen LogP contribution >= 0.6 is 0 Å². The Balaban J connectivity index is 1.09. The molecule has 35 atom stereocenters. The monoisotopic (exact) mass is 1190 g/mol. The molecule has 21 aliphatic heterocycles. The quantitative estimate of drug-likeness (QED) is 0.100. The number of hydrogen-bond acceptors (Lipinski definition) is 37. The summed E-state index contributed by atoms with van der Waals surface area (Å²) in [4.78, 5) is 12.1. The number of ether oxygens (including phenoxy) is 16. The predicted octanol–water partition coefficient (Wildman–Crippen LogP) is -14.4. The van der Waals surface area contributed by atoms with Crippen molar-refractivity contribution in [2.24, 2.45) is 0 Å². The third kappa shape index (κ3) is 13.1. The number of rotatable bonds is 8. The fourth-order valence-electron chi connectivity index (χ4n) is 10.6. The van der Waals surface area contributed by atoms with Gasteiger partial charge in [-0.15, -0.1) is 0 Å². The number of methoxy groups -OCH3 is 1. The molecule has 0 radical (unpaired) electrons. The Kier molecular flexibility index (Phi) is 22.2. The number of aliphatic hydroxyl groups is 20. The van der Waals surface area contributed by atoms with Gasteiger partial charge >= 0.3 is 6.16 Å². The van der Waals surface area contributed by atoms with Crippen molar-refractivity contribution in [3.63, 3.8) is 0 Å². The van der Waals surface area contributed by atoms with Gasteiger partial charge in [-0.1, -0.05) is 0 Å². The van der Waals surface area contributed by atoms with Gasteiger partial charge in [0.1, 0.15) is 178 Å². The first-order valence-corrected chi connectivity index (χ1v) is 25.6. The molecule has 0 spiro atoms. The second-order valence-corrected chi connectivity index (χ2v) is 20.2. The van der Waals surface area contributed by atoms with Crippen LogP contribution in [0.2, 0.25) is 0 Å². The Morgan fingerprint density at radius 1 is 0.272 bits per heavy atom. The van der Waals surface area contributed by atoms with Crippen LogP contribution < -0.4 is 0 Å². The molecule has 21 aliphatic rings. The molecule has 37 nitrogen and oxygen atoms in total. The van der Waals surface area contributed by atoms with Gasteiger partial charge in [-0.05, 0) is 0 Å². The predicted molar refractivity (Wildman–Crippen MR) is 240 cm³/mol. The summed E-state index contributed by atoms with van der Waals surface area (Å²) < 4.78 is 89.5. The van der Waals surface area contributed by atoms with Crippen LogP contribution in [0, 0.1) is 0 Å². The largest absolute Gasteiger partial charge is 0.508 e. The zero-order valence-electron chi connectivity index (χ0n) is 42.5. The van der Waals surface area contributed by atoms with Gasteiger partial charge in [-0.3, -0.25) is 0 Å². The second-order valence-electron chi connectivity index (χ2n) is 20.2. The van der Waals surface area contributed by atoms with Crippen LogP contribution in [0.3, 0.4) is 0 Å². The average Bonchev–Trinajstić information content (AvgIpc) is 3.59. The van der Waals surface area contributed by atoms with Gasteiger partial charge < -0.3 is 178 Å². The van der Waals surface area contributed by atoms with Crippen LogP contribution in [0.15, 0.2) is 0 Å². The summed E-state index contributed by atoms with van der Waals surface area (Å²) in [7, 11) is 0.925. The van der Waals surface area contributed by atoms with Crippen LogP contribution in [0.1, 0.15) is 0 Å². The maximum Gasteiger partial charge on any atom is 0.508 e. The van der Waals surface area contributed by atoms with Crippen molar-refractivity contribution in [3.8, 4) is 0 Å². The minimum atomic E-state index is -2.28. The lowest BCUT2D eigenvalue weighted by Gasteiger charge is -2.50. The molecule has 21 saturated heterocycles. The Morgan fingerprint density at radius 3 is 0.593 bits per heavy atom. The zero-order chi connectivity index (χ0) is 59.0. The highest BCUT2D eigenvalue weighted by Gasteiger charge is 2.59. The SMILES string of the molecule is COC(=O)OC[C@H]1O[C@@H]2O[C@H]3[C@H](O)[C@@H](O)[C@@H](O[C@H]4[C@H](O)[C@@H](O)[C@@H](O[C@H]5[C@H](O)[C@@H](O)[C@@H](O[C@H]6[C@H](O)[C@@H](O)[C@@H](O[C@H]7[C@H](O)[C@@H](O)[C@@H](O[C@H]8[C@H](O)[C@@H](O)[C@@H](O[C@H]1[C@H](O)[C@H]2O)O[C@@H]8CO)O[C@@H]7CO)O[C@@H]6CO)O[C@@H]5CO)O[C@@H]4CO)O[C@@H]3CO. The molecule has 37 heteroatoms. The molecule has 20 N–H and O–H groups in total. The van der Waals surface area contributed by atoms with Gasteiger partial charge in [-0.25, -0.2) is 4.79 Å². The van der Waals surface area contributed by atoms with E-state index in [4.69, 9.17) is 71.1 Å². The van der Waals surface area contributed by atoms with E-state index >= 15 is 0 Å². The van der Waals surface area contributed by atoms with Gasteiger partial charge in [-0.2, -0.15) is 0 Å². The molecule has 21 fully saturated rings. The number of carbonyl (C=O) groups excluding carboxylic acids is 1. The van der Waals surface area contributed by atoms with Crippen molar-refractivity contribution >= 4 is 6.16 Å². The molecule has 0 aliphatic carbocycles. The summed E-state index contributed by atoms with van der Waals surface area (Å²) in [5.74, 6) is 0. The smallest absolute Gasteiger partial charge is 0.438 e. The first-order valence-electron chi connectivity index (χ1n) is 25.6. The summed E-state index contributed by atoms with van der Waals surface area (Å²) >= 11 is 0. The maximum atomic E-state index is 12.1. The molecule has 14 bridgehead atoms. The third-order valence-corrected chi connectivity index (χ3v) is 15.1. The maximum absolute atomic E-state index is 12.1. The molecule has 0 aromatic heterocycles. The Morgan fingerprint density at radius 2 is 0.432 bits per heavy atom. The van der Waals surface area contributed by atoms with Gasteiger partial charge in [0.25, 0.3) is 0 Å². The van der Waals surface area contributed by atoms with E-state index in [9.17, 15) is 107 Å². The van der Waals surface area contributed by atoms with E-state index in [1.165, 1.54) is 0 Å². The fourth-order valence-corrected chi connectivity index (χ4v) is 10.6. The zero-order valence-corrected chi connectivity index (χ0v) is 42.5. The first kappa shape index (κ1) is 64.9. The number of hydrogen-bond donors (Lipinski definition) is 20. The van der Waals surface area contributed by atoms with Crippen molar-refractivity contribution in [1.82, 2.24) is 0 Å². The molecule has 0 aromatic rings. The normalized spacial score (nSPS) is 53.1. The summed E-state index contributed by atoms with van der Waals surface area (Å²) in [6, 6.07) is 0. The van der Waals surface area contributed by atoms with Gasteiger partial charge in [0.05, 0.1) is 46.8 Å². The van der Waals surface area contributed by atoms with Crippen LogP contribution in [-0.2, 0) is 75.8 Å². The Labute approximate surface area is 456 Å². The van der Waals surface area contributed by atoms with Crippen LogP contribution in [-0.4, -0.2) is 377 Å². The molecule has 470 valence electrons. The minimum Gasteiger partial charge on any atom is -0.438 e. The van der Waals surface area contributed by atoms with E-state index in [1.54, 1.807) is 0 Å². The fraction of sp³-hybridized carbons (Fsp3) is 0.977. The van der Waals surface area contributed by atoms with Gasteiger partial charge in [0.2, 0.25) is 0 Å². The average molecular weight is 1190 g/mol. The van der Waals surface area contributed by atoms with Crippen molar-refractivity contribution in [1.29, 1.82) is 0 Å². The van der Waals surface area contributed by atoms with Crippen molar-refractivity contribution in [3.05, 3.63) is 0 Å². The van der Waals surface area contributed by atoms with E-state index in [0.29, 0.717) is 0 Å². The summed E-state index contributed by atoms with van der Waals surface area (Å²) in [5, 5.41) is 221. The molecule has 0 unspecified atom stereocenters. The first-order chi connectivity index (χ1) is 38.5. The molecular formula is C44H72O37. The van der Waals surface area contributed by atoms with E-state index in [1.807, 2.05) is 0 Å². The standard InChI is InChI=1S/C44H72O37/c1-66-44(65)67-8-15-36-22(57)29(64)43(74-15)80-35-14(7-50)72-41(27(62)20(35)55)78-33-12(5-48)70-39(25(60)18(33)53)76-31-10(3-46)68-37(23(58)16(31)51)75-30-9(2-45)69-38(24(59)17(30)52)77-32-11(4-47)71-40(26(61)19(32)54)79-34-13(6-49)73-42(81-36)28(63)21(34)56/h9-43,45-64H,2-8H2,1H3/t9-,10-,11-,12-,13-,14-,15-,16-,17-,18-,19-,20-,21-,22-,23-,24-,25-,26-,27-,28-,29-,30-,31-,32-,33-,34-,35-,36-,37-,38-,39-,40-,41-,42-,43-/m1/s1. The number of aliphatic hydroxyl groups excluding tert-OH is 20. The lowest BCUT2D eigenvalue weighted by atomic mass is 9.95. The molecule has 81 heavy (non-hydrogen) atoms. The van der Waals surface area contributed by atoms with E-state index < -0.39 is 267 Å². The second kappa shape index (κ2) is 27.7. The third-order valence-electron chi connectivity index (χ3n) is 15.1. The van der Waals surface area contributed by atoms with Crippen LogP contribution in [0.5, 0.6) is 0 Å². The summed E-state index contributed by atoms with van der Waals surface area (Å²) in [5.41, 5.74) is 0. The van der Waals surface area contributed by atoms with Crippen molar-refractivity contribution in [2.45, 2.75) is 215 Å². The Bertz CT molecular complexity index is 1950. The van der Waals surface area contributed by atoms with E-state index in [2.05, 4.69) is 4.74 Å².